The Balaban J connectivity index is 0.00000300. The quantitative estimate of drug-likeness (QED) is 0.219. The Labute approximate surface area is 192 Å². The van der Waals surface area contributed by atoms with Crippen LogP contribution in [-0.4, -0.2) is 54.9 Å². The number of halogens is 4. The third kappa shape index (κ3) is 6.16. The molecule has 0 atom stereocenters. The van der Waals surface area contributed by atoms with Gasteiger partial charge in [0.05, 0.1) is 23.8 Å². The van der Waals surface area contributed by atoms with Gasteiger partial charge in [0.2, 0.25) is 0 Å². The molecule has 0 radical (unpaired) electrons. The number of hydrogen-bond acceptors (Lipinski definition) is 4. The standard InChI is InChI=1S/C21H24Cl3N3O.ClH/c1-28-16-4-6-19-18(14-16)21(17-5-3-15(24)13-20(17)26-19)25-9-2-10-27(11-7-22)12-8-23;/h3-6,13-14H,2,7-12H2,1H3,(H,25,26);1H. The average Bonchev–Trinajstić information content (AvgIpc) is 2.70. The molecule has 0 aliphatic rings. The second kappa shape index (κ2) is 11.9. The van der Waals surface area contributed by atoms with Crippen molar-refractivity contribution in [1.29, 1.82) is 0 Å². The fourth-order valence-electron chi connectivity index (χ4n) is 3.30. The molecule has 0 bridgehead atoms. The normalized spacial score (nSPS) is 11.1. The summed E-state index contributed by atoms with van der Waals surface area (Å²) in [5.74, 6) is 2.04. The van der Waals surface area contributed by atoms with Crippen LogP contribution in [0.2, 0.25) is 5.02 Å². The van der Waals surface area contributed by atoms with Crippen LogP contribution in [0.4, 0.5) is 5.69 Å². The number of hydrogen-bond donors (Lipinski definition) is 1. The predicted octanol–water partition coefficient (Wildman–Crippen LogP) is 6.05. The van der Waals surface area contributed by atoms with Gasteiger partial charge in [0, 0.05) is 47.2 Å². The zero-order valence-electron chi connectivity index (χ0n) is 16.3. The number of alkyl halides is 2. The van der Waals surface area contributed by atoms with E-state index in [1.165, 1.54) is 0 Å². The second-order valence-electron chi connectivity index (χ2n) is 6.53. The SMILES string of the molecule is COc1ccc2nc3cc(Cl)ccc3c(NCCCN(CCCl)CCCl)c2c1.Cl. The van der Waals surface area contributed by atoms with Crippen LogP contribution in [-0.2, 0) is 0 Å². The topological polar surface area (TPSA) is 37.4 Å². The van der Waals surface area contributed by atoms with Gasteiger partial charge in [-0.3, -0.25) is 0 Å². The molecule has 3 rings (SSSR count). The van der Waals surface area contributed by atoms with Gasteiger partial charge in [-0.05, 0) is 49.4 Å². The van der Waals surface area contributed by atoms with E-state index in [2.05, 4.69) is 10.2 Å². The summed E-state index contributed by atoms with van der Waals surface area (Å²) in [5.41, 5.74) is 2.83. The van der Waals surface area contributed by atoms with E-state index in [1.807, 2.05) is 36.4 Å². The maximum Gasteiger partial charge on any atom is 0.119 e. The van der Waals surface area contributed by atoms with Crippen molar-refractivity contribution in [1.82, 2.24) is 9.88 Å². The van der Waals surface area contributed by atoms with Crippen molar-refractivity contribution in [3.8, 4) is 5.75 Å². The van der Waals surface area contributed by atoms with Crippen molar-refractivity contribution in [2.24, 2.45) is 0 Å². The molecule has 0 saturated carbocycles. The van der Waals surface area contributed by atoms with Crippen LogP contribution in [0.1, 0.15) is 6.42 Å². The number of fused-ring (bicyclic) bond motifs is 2. The van der Waals surface area contributed by atoms with Gasteiger partial charge in [0.1, 0.15) is 5.75 Å². The first-order chi connectivity index (χ1) is 13.7. The number of ether oxygens (including phenoxy) is 1. The fourth-order valence-corrected chi connectivity index (χ4v) is 3.95. The zero-order chi connectivity index (χ0) is 19.9. The van der Waals surface area contributed by atoms with E-state index in [1.54, 1.807) is 7.11 Å². The number of nitrogens with zero attached hydrogens (tertiary/aromatic N) is 2. The first kappa shape index (κ1) is 24.1. The molecule has 0 amide bonds. The van der Waals surface area contributed by atoms with Gasteiger partial charge in [-0.15, -0.1) is 35.6 Å². The van der Waals surface area contributed by atoms with Crippen LogP contribution in [0.3, 0.4) is 0 Å². The molecule has 0 spiro atoms. The number of nitrogens with one attached hydrogen (secondary N) is 1. The van der Waals surface area contributed by atoms with Crippen molar-refractivity contribution in [3.63, 3.8) is 0 Å². The summed E-state index contributed by atoms with van der Waals surface area (Å²) in [6.07, 6.45) is 0.983. The summed E-state index contributed by atoms with van der Waals surface area (Å²) in [6, 6.07) is 11.7. The Hall–Kier alpha value is -1.17. The molecule has 4 nitrogen and oxygen atoms in total. The molecule has 1 aromatic heterocycles. The largest absolute Gasteiger partial charge is 0.497 e. The molecule has 0 saturated heterocycles. The highest BCUT2D eigenvalue weighted by Gasteiger charge is 2.11. The lowest BCUT2D eigenvalue weighted by Gasteiger charge is -2.20. The maximum absolute atomic E-state index is 6.18. The van der Waals surface area contributed by atoms with Gasteiger partial charge in [0.25, 0.3) is 0 Å². The molecule has 8 heteroatoms. The van der Waals surface area contributed by atoms with Gasteiger partial charge >= 0.3 is 0 Å². The number of aromatic nitrogens is 1. The number of rotatable bonds is 10. The predicted molar refractivity (Wildman–Crippen MR) is 129 cm³/mol. The molecule has 1 N–H and O–H groups in total. The molecule has 3 aromatic rings. The molecule has 0 unspecified atom stereocenters. The summed E-state index contributed by atoms with van der Waals surface area (Å²) in [5, 5.41) is 6.37. The molecule has 0 aliphatic carbocycles. The van der Waals surface area contributed by atoms with Gasteiger partial charge in [-0.2, -0.15) is 0 Å². The second-order valence-corrected chi connectivity index (χ2v) is 7.72. The summed E-state index contributed by atoms with van der Waals surface area (Å²) in [6.45, 7) is 3.48. The Bertz CT molecular complexity index is 933. The highest BCUT2D eigenvalue weighted by atomic mass is 35.5. The molecule has 0 fully saturated rings. The summed E-state index contributed by atoms with van der Waals surface area (Å²) in [4.78, 5) is 7.05. The van der Waals surface area contributed by atoms with Crippen LogP contribution in [0, 0.1) is 0 Å². The molecular formula is C21H25Cl4N3O. The van der Waals surface area contributed by atoms with Crippen LogP contribution >= 0.6 is 47.2 Å². The molecular weight excluding hydrogens is 452 g/mol. The Morgan fingerprint density at radius 1 is 0.966 bits per heavy atom. The Morgan fingerprint density at radius 2 is 1.72 bits per heavy atom. The molecule has 29 heavy (non-hydrogen) atoms. The number of pyridine rings is 1. The van der Waals surface area contributed by atoms with Crippen molar-refractivity contribution in [3.05, 3.63) is 41.4 Å². The third-order valence-corrected chi connectivity index (χ3v) is 5.27. The molecule has 0 aliphatic heterocycles. The van der Waals surface area contributed by atoms with E-state index in [0.29, 0.717) is 16.8 Å². The molecule has 1 heterocycles. The summed E-state index contributed by atoms with van der Waals surface area (Å²) in [7, 11) is 1.67. The highest BCUT2D eigenvalue weighted by molar-refractivity contribution is 6.31. The van der Waals surface area contributed by atoms with Crippen LogP contribution in [0.15, 0.2) is 36.4 Å². The minimum absolute atomic E-state index is 0. The number of benzene rings is 2. The lowest BCUT2D eigenvalue weighted by atomic mass is 10.1. The van der Waals surface area contributed by atoms with Crippen molar-refractivity contribution in [2.75, 3.05) is 50.4 Å². The third-order valence-electron chi connectivity index (χ3n) is 4.70. The van der Waals surface area contributed by atoms with E-state index >= 15 is 0 Å². The maximum atomic E-state index is 6.18. The lowest BCUT2D eigenvalue weighted by Crippen LogP contribution is -2.30. The first-order valence-electron chi connectivity index (χ1n) is 9.31. The van der Waals surface area contributed by atoms with Gasteiger partial charge in [-0.1, -0.05) is 11.6 Å². The van der Waals surface area contributed by atoms with E-state index in [9.17, 15) is 0 Å². The Kier molecular flexibility index (Phi) is 9.87. The average molecular weight is 477 g/mol. The molecule has 158 valence electrons. The van der Waals surface area contributed by atoms with Crippen molar-refractivity contribution in [2.45, 2.75) is 6.42 Å². The van der Waals surface area contributed by atoms with E-state index in [0.717, 1.165) is 65.8 Å². The minimum Gasteiger partial charge on any atom is -0.497 e. The van der Waals surface area contributed by atoms with E-state index < -0.39 is 0 Å². The number of anilines is 1. The van der Waals surface area contributed by atoms with Crippen LogP contribution in [0.5, 0.6) is 5.75 Å². The van der Waals surface area contributed by atoms with E-state index in [4.69, 9.17) is 44.5 Å². The highest BCUT2D eigenvalue weighted by Crippen LogP contribution is 2.34. The monoisotopic (exact) mass is 475 g/mol. The van der Waals surface area contributed by atoms with Gasteiger partial charge in [0.15, 0.2) is 0 Å². The van der Waals surface area contributed by atoms with Crippen molar-refractivity contribution >= 4 is 74.7 Å². The summed E-state index contributed by atoms with van der Waals surface area (Å²) >= 11 is 17.9. The molecule has 2 aromatic carbocycles. The zero-order valence-corrected chi connectivity index (χ0v) is 19.3. The minimum atomic E-state index is 0. The number of methoxy groups -OCH3 is 1. The summed E-state index contributed by atoms with van der Waals surface area (Å²) < 4.78 is 5.41. The first-order valence-corrected chi connectivity index (χ1v) is 10.8. The van der Waals surface area contributed by atoms with Crippen LogP contribution in [0.25, 0.3) is 21.8 Å². The smallest absolute Gasteiger partial charge is 0.119 e. The van der Waals surface area contributed by atoms with Crippen LogP contribution < -0.4 is 10.1 Å². The lowest BCUT2D eigenvalue weighted by molar-refractivity contribution is 0.306. The van der Waals surface area contributed by atoms with Gasteiger partial charge in [-0.25, -0.2) is 4.98 Å². The van der Waals surface area contributed by atoms with Crippen molar-refractivity contribution < 1.29 is 4.74 Å². The fraction of sp³-hybridized carbons (Fsp3) is 0.381. The van der Waals surface area contributed by atoms with Gasteiger partial charge < -0.3 is 15.0 Å². The van der Waals surface area contributed by atoms with E-state index in [-0.39, 0.29) is 12.4 Å². The Morgan fingerprint density at radius 3 is 2.41 bits per heavy atom.